The smallest absolute Gasteiger partial charge is 0.0441 e. The summed E-state index contributed by atoms with van der Waals surface area (Å²) in [6.45, 7) is 2.02. The molecule has 18 heavy (non-hydrogen) atoms. The minimum absolute atomic E-state index is 0.0672. The summed E-state index contributed by atoms with van der Waals surface area (Å²) in [5.74, 6) is 0. The van der Waals surface area contributed by atoms with Crippen molar-refractivity contribution >= 4 is 23.2 Å². The third-order valence-corrected chi connectivity index (χ3v) is 3.55. The molecule has 2 aromatic rings. The lowest BCUT2D eigenvalue weighted by Gasteiger charge is -2.13. The molecule has 2 N–H and O–H groups in total. The topological polar surface area (TPSA) is 26.0 Å². The molecule has 0 bridgehead atoms. The molecule has 1 atom stereocenters. The highest BCUT2D eigenvalue weighted by atomic mass is 35.5. The van der Waals surface area contributed by atoms with Gasteiger partial charge in [0.05, 0.1) is 0 Å². The maximum absolute atomic E-state index is 6.21. The maximum atomic E-state index is 6.21. The molecule has 2 aromatic carbocycles. The molecule has 94 valence electrons. The minimum Gasteiger partial charge on any atom is -0.324 e. The van der Waals surface area contributed by atoms with Crippen molar-refractivity contribution < 1.29 is 0 Å². The third kappa shape index (κ3) is 3.26. The van der Waals surface area contributed by atoms with Gasteiger partial charge < -0.3 is 5.73 Å². The molecule has 0 spiro atoms. The van der Waals surface area contributed by atoms with E-state index >= 15 is 0 Å². The normalized spacial score (nSPS) is 12.4. The predicted molar refractivity (Wildman–Crippen MR) is 78.3 cm³/mol. The van der Waals surface area contributed by atoms with Crippen molar-refractivity contribution in [3.05, 3.63) is 69.2 Å². The summed E-state index contributed by atoms with van der Waals surface area (Å²) in [5.41, 5.74) is 9.48. The summed E-state index contributed by atoms with van der Waals surface area (Å²) in [4.78, 5) is 0. The monoisotopic (exact) mass is 279 g/mol. The van der Waals surface area contributed by atoms with Crippen LogP contribution in [0.3, 0.4) is 0 Å². The summed E-state index contributed by atoms with van der Waals surface area (Å²) < 4.78 is 0. The Bertz CT molecular complexity index is 535. The lowest BCUT2D eigenvalue weighted by atomic mass is 9.99. The molecule has 0 amide bonds. The van der Waals surface area contributed by atoms with Crippen LogP contribution in [0.5, 0.6) is 0 Å². The van der Waals surface area contributed by atoms with Crippen LogP contribution in [0, 0.1) is 6.92 Å². The number of halogens is 2. The molecule has 0 aromatic heterocycles. The fourth-order valence-electron chi connectivity index (χ4n) is 1.88. The van der Waals surface area contributed by atoms with Gasteiger partial charge in [0.15, 0.2) is 0 Å². The van der Waals surface area contributed by atoms with Crippen molar-refractivity contribution in [2.24, 2.45) is 5.73 Å². The third-order valence-electron chi connectivity index (χ3n) is 2.95. The van der Waals surface area contributed by atoms with Crippen LogP contribution in [0.25, 0.3) is 0 Å². The summed E-state index contributed by atoms with van der Waals surface area (Å²) in [5, 5.41) is 1.50. The van der Waals surface area contributed by atoms with Gasteiger partial charge in [-0.15, -0.1) is 0 Å². The molecular weight excluding hydrogens is 265 g/mol. The van der Waals surface area contributed by atoms with Crippen molar-refractivity contribution in [1.29, 1.82) is 0 Å². The molecule has 1 nitrogen and oxygen atoms in total. The molecule has 0 heterocycles. The second-order valence-electron chi connectivity index (χ2n) is 4.46. The Labute approximate surface area is 118 Å². The van der Waals surface area contributed by atoms with Crippen molar-refractivity contribution in [2.45, 2.75) is 19.4 Å². The van der Waals surface area contributed by atoms with Gasteiger partial charge in [-0.1, -0.05) is 47.5 Å². The van der Waals surface area contributed by atoms with Crippen molar-refractivity contribution in [1.82, 2.24) is 0 Å². The fourth-order valence-corrected chi connectivity index (χ4v) is 2.32. The maximum Gasteiger partial charge on any atom is 0.0441 e. The number of benzene rings is 2. The van der Waals surface area contributed by atoms with Crippen LogP contribution in [0.15, 0.2) is 42.5 Å². The second kappa shape index (κ2) is 5.75. The van der Waals surface area contributed by atoms with Gasteiger partial charge in [0, 0.05) is 16.1 Å². The molecule has 0 fully saturated rings. The van der Waals surface area contributed by atoms with Crippen LogP contribution in [-0.4, -0.2) is 0 Å². The first kappa shape index (κ1) is 13.4. The molecule has 1 unspecified atom stereocenters. The van der Waals surface area contributed by atoms with Crippen LogP contribution < -0.4 is 5.73 Å². The molecular formula is C15H15Cl2N. The number of rotatable bonds is 3. The van der Waals surface area contributed by atoms with Gasteiger partial charge in [0.1, 0.15) is 0 Å². The number of hydrogen-bond acceptors (Lipinski definition) is 1. The Kier molecular flexibility index (Phi) is 4.28. The Balaban J connectivity index is 2.15. The Morgan fingerprint density at radius 3 is 2.33 bits per heavy atom. The van der Waals surface area contributed by atoms with Gasteiger partial charge in [-0.3, -0.25) is 0 Å². The van der Waals surface area contributed by atoms with E-state index in [-0.39, 0.29) is 6.04 Å². The van der Waals surface area contributed by atoms with Crippen LogP contribution in [0.4, 0.5) is 0 Å². The SMILES string of the molecule is Cc1ccc(CC(N)c2ccc(Cl)cc2)c(Cl)c1. The molecule has 3 heteroatoms. The number of nitrogens with two attached hydrogens (primary N) is 1. The molecule has 0 saturated heterocycles. The number of hydrogen-bond donors (Lipinski definition) is 1. The second-order valence-corrected chi connectivity index (χ2v) is 5.30. The highest BCUT2D eigenvalue weighted by molar-refractivity contribution is 6.31. The van der Waals surface area contributed by atoms with Crippen LogP contribution in [-0.2, 0) is 6.42 Å². The zero-order chi connectivity index (χ0) is 13.1. The fraction of sp³-hybridized carbons (Fsp3) is 0.200. The van der Waals surface area contributed by atoms with Crippen LogP contribution in [0.1, 0.15) is 22.7 Å². The Hall–Kier alpha value is -1.02. The van der Waals surface area contributed by atoms with E-state index in [1.165, 1.54) is 0 Å². The predicted octanol–water partition coefficient (Wildman–Crippen LogP) is 4.54. The van der Waals surface area contributed by atoms with Crippen molar-refractivity contribution in [2.75, 3.05) is 0 Å². The highest BCUT2D eigenvalue weighted by Crippen LogP contribution is 2.24. The summed E-state index contributed by atoms with van der Waals surface area (Å²) in [6.07, 6.45) is 0.723. The lowest BCUT2D eigenvalue weighted by molar-refractivity contribution is 0.722. The zero-order valence-corrected chi connectivity index (χ0v) is 11.7. The van der Waals surface area contributed by atoms with Crippen LogP contribution in [0.2, 0.25) is 10.0 Å². The Morgan fingerprint density at radius 2 is 1.72 bits per heavy atom. The van der Waals surface area contributed by atoms with Crippen molar-refractivity contribution in [3.63, 3.8) is 0 Å². The van der Waals surface area contributed by atoms with Crippen LogP contribution >= 0.6 is 23.2 Å². The van der Waals surface area contributed by atoms with E-state index in [1.54, 1.807) is 0 Å². The first-order valence-electron chi connectivity index (χ1n) is 5.82. The van der Waals surface area contributed by atoms with Gasteiger partial charge in [0.2, 0.25) is 0 Å². The van der Waals surface area contributed by atoms with Gasteiger partial charge in [0.25, 0.3) is 0 Å². The van der Waals surface area contributed by atoms with Gasteiger partial charge >= 0.3 is 0 Å². The van der Waals surface area contributed by atoms with Gasteiger partial charge in [-0.2, -0.15) is 0 Å². The molecule has 0 aliphatic heterocycles. The molecule has 0 aliphatic carbocycles. The average Bonchev–Trinajstić information content (AvgIpc) is 2.33. The number of aryl methyl sites for hydroxylation is 1. The quantitative estimate of drug-likeness (QED) is 0.877. The standard InChI is InChI=1S/C15H15Cl2N/c1-10-2-3-12(14(17)8-10)9-15(18)11-4-6-13(16)7-5-11/h2-8,15H,9,18H2,1H3. The van der Waals surface area contributed by atoms with Gasteiger partial charge in [-0.05, 0) is 48.2 Å². The lowest BCUT2D eigenvalue weighted by Crippen LogP contribution is -2.13. The van der Waals surface area contributed by atoms with Crippen molar-refractivity contribution in [3.8, 4) is 0 Å². The first-order chi connectivity index (χ1) is 8.56. The Morgan fingerprint density at radius 1 is 1.06 bits per heavy atom. The largest absolute Gasteiger partial charge is 0.324 e. The molecule has 0 radical (unpaired) electrons. The summed E-state index contributed by atoms with van der Waals surface area (Å²) >= 11 is 12.1. The summed E-state index contributed by atoms with van der Waals surface area (Å²) in [6, 6.07) is 13.6. The van der Waals surface area contributed by atoms with E-state index in [9.17, 15) is 0 Å². The highest BCUT2D eigenvalue weighted by Gasteiger charge is 2.09. The van der Waals surface area contributed by atoms with E-state index in [1.807, 2.05) is 43.3 Å². The van der Waals surface area contributed by atoms with E-state index in [2.05, 4.69) is 6.07 Å². The van der Waals surface area contributed by atoms with E-state index < -0.39 is 0 Å². The average molecular weight is 280 g/mol. The van der Waals surface area contributed by atoms with Gasteiger partial charge in [-0.25, -0.2) is 0 Å². The zero-order valence-electron chi connectivity index (χ0n) is 10.2. The summed E-state index contributed by atoms with van der Waals surface area (Å²) in [7, 11) is 0. The van der Waals surface area contributed by atoms with E-state index in [0.717, 1.165) is 33.2 Å². The first-order valence-corrected chi connectivity index (χ1v) is 6.58. The van der Waals surface area contributed by atoms with E-state index in [4.69, 9.17) is 28.9 Å². The van der Waals surface area contributed by atoms with E-state index in [0.29, 0.717) is 0 Å². The minimum atomic E-state index is -0.0672. The molecule has 0 aliphatic rings. The molecule has 0 saturated carbocycles. The molecule has 2 rings (SSSR count).